The van der Waals surface area contributed by atoms with Gasteiger partial charge < -0.3 is 14.1 Å². The third-order valence-electron chi connectivity index (χ3n) is 6.93. The smallest absolute Gasteiger partial charge is 0.314 e. The Balaban J connectivity index is 2.18. The zero-order chi connectivity index (χ0) is 24.4. The number of hydrogen-bond acceptors (Lipinski definition) is 4. The Hall–Kier alpha value is -1.66. The molecule has 0 bridgehead atoms. The number of ether oxygens (including phenoxy) is 1. The summed E-state index contributed by atoms with van der Waals surface area (Å²) in [5.41, 5.74) is -0.352. The standard InChI is InChI=1S/C26H43NO4Si/c1-20(21-14-11-10-12-15-21)27-19-26(18-22(27)28,23(29)31-24(2,3)4)16-13-17-30-32(8,9)25(5,6)7/h10-12,14-15,20H,13,16-19H2,1-9H3/t20-,26+/m1/s1. The second-order valence-electron chi connectivity index (χ2n) is 11.8. The lowest BCUT2D eigenvalue weighted by atomic mass is 9.82. The third kappa shape index (κ3) is 6.44. The van der Waals surface area contributed by atoms with Gasteiger partial charge in [0.1, 0.15) is 5.60 Å². The Kier molecular flexibility index (Phi) is 8.04. The zero-order valence-corrected chi connectivity index (χ0v) is 22.6. The van der Waals surface area contributed by atoms with Gasteiger partial charge >= 0.3 is 5.97 Å². The predicted molar refractivity (Wildman–Crippen MR) is 132 cm³/mol. The number of benzene rings is 1. The average Bonchev–Trinajstić information content (AvgIpc) is 3.01. The van der Waals surface area contributed by atoms with Gasteiger partial charge in [-0.1, -0.05) is 51.1 Å². The van der Waals surface area contributed by atoms with Crippen LogP contribution in [-0.4, -0.2) is 43.8 Å². The summed E-state index contributed by atoms with van der Waals surface area (Å²) in [5, 5.41) is 0.140. The number of esters is 1. The number of hydrogen-bond donors (Lipinski definition) is 0. The summed E-state index contributed by atoms with van der Waals surface area (Å²) in [4.78, 5) is 28.3. The first-order valence-corrected chi connectivity index (χ1v) is 14.7. The first-order valence-electron chi connectivity index (χ1n) is 11.8. The van der Waals surface area contributed by atoms with E-state index in [4.69, 9.17) is 9.16 Å². The summed E-state index contributed by atoms with van der Waals surface area (Å²) in [7, 11) is -1.85. The molecule has 1 aromatic carbocycles. The van der Waals surface area contributed by atoms with Gasteiger partial charge in [-0.2, -0.15) is 0 Å². The van der Waals surface area contributed by atoms with Gasteiger partial charge in [-0.05, 0) is 64.2 Å². The maximum atomic E-state index is 13.4. The summed E-state index contributed by atoms with van der Waals surface area (Å²) < 4.78 is 12.1. The van der Waals surface area contributed by atoms with Crippen molar-refractivity contribution in [1.82, 2.24) is 4.90 Å². The second kappa shape index (κ2) is 9.68. The summed E-state index contributed by atoms with van der Waals surface area (Å²) >= 11 is 0. The summed E-state index contributed by atoms with van der Waals surface area (Å²) in [5.74, 6) is -0.258. The fourth-order valence-electron chi connectivity index (χ4n) is 3.87. The van der Waals surface area contributed by atoms with Crippen molar-refractivity contribution in [3.63, 3.8) is 0 Å². The molecule has 1 aliphatic rings. The van der Waals surface area contributed by atoms with E-state index < -0.39 is 19.3 Å². The van der Waals surface area contributed by atoms with E-state index in [0.717, 1.165) is 12.0 Å². The van der Waals surface area contributed by atoms with Crippen LogP contribution in [0.25, 0.3) is 0 Å². The minimum absolute atomic E-state index is 0.0116. The third-order valence-corrected chi connectivity index (χ3v) is 11.5. The van der Waals surface area contributed by atoms with Gasteiger partial charge in [-0.15, -0.1) is 0 Å². The Labute approximate surface area is 196 Å². The number of carbonyl (C=O) groups is 2. The van der Waals surface area contributed by atoms with Crippen LogP contribution in [-0.2, 0) is 18.8 Å². The fourth-order valence-corrected chi connectivity index (χ4v) is 4.96. The molecule has 2 rings (SSSR count). The van der Waals surface area contributed by atoms with Crippen molar-refractivity contribution in [2.45, 2.75) is 97.5 Å². The van der Waals surface area contributed by atoms with Crippen LogP contribution in [0.4, 0.5) is 0 Å². The van der Waals surface area contributed by atoms with Crippen molar-refractivity contribution in [3.8, 4) is 0 Å². The molecule has 1 saturated heterocycles. The first kappa shape index (κ1) is 26.6. The fraction of sp³-hybridized carbons (Fsp3) is 0.692. The minimum atomic E-state index is -1.85. The van der Waals surface area contributed by atoms with Gasteiger partial charge in [-0.25, -0.2) is 0 Å². The second-order valence-corrected chi connectivity index (χ2v) is 16.6. The summed E-state index contributed by atoms with van der Waals surface area (Å²) in [6.45, 7) is 19.8. The van der Waals surface area contributed by atoms with Crippen LogP contribution in [0.15, 0.2) is 30.3 Å². The molecule has 32 heavy (non-hydrogen) atoms. The maximum Gasteiger partial charge on any atom is 0.314 e. The highest BCUT2D eigenvalue weighted by atomic mass is 28.4. The van der Waals surface area contributed by atoms with E-state index in [9.17, 15) is 9.59 Å². The monoisotopic (exact) mass is 461 g/mol. The van der Waals surface area contributed by atoms with Crippen molar-refractivity contribution < 1.29 is 18.8 Å². The Morgan fingerprint density at radius 3 is 2.25 bits per heavy atom. The quantitative estimate of drug-likeness (QED) is 0.266. The molecule has 0 saturated carbocycles. The molecule has 0 unspecified atom stereocenters. The molecule has 0 radical (unpaired) electrons. The van der Waals surface area contributed by atoms with E-state index >= 15 is 0 Å². The molecule has 2 atom stereocenters. The molecule has 1 aromatic rings. The average molecular weight is 462 g/mol. The van der Waals surface area contributed by atoms with Crippen LogP contribution in [0.1, 0.15) is 79.3 Å². The van der Waals surface area contributed by atoms with Crippen molar-refractivity contribution in [2.75, 3.05) is 13.2 Å². The summed E-state index contributed by atoms with van der Waals surface area (Å²) in [6, 6.07) is 9.89. The molecule has 1 aliphatic heterocycles. The molecule has 180 valence electrons. The molecule has 0 N–H and O–H groups in total. The zero-order valence-electron chi connectivity index (χ0n) is 21.6. The highest BCUT2D eigenvalue weighted by molar-refractivity contribution is 6.74. The molecular weight excluding hydrogens is 418 g/mol. The SMILES string of the molecule is C[C@H](c1ccccc1)N1C[C@@](CCCO[Si](C)(C)C(C)(C)C)(C(=O)OC(C)(C)C)CC1=O. The van der Waals surface area contributed by atoms with Gasteiger partial charge in [0.25, 0.3) is 0 Å². The van der Waals surface area contributed by atoms with E-state index in [2.05, 4.69) is 33.9 Å². The van der Waals surface area contributed by atoms with Crippen molar-refractivity contribution >= 4 is 20.2 Å². The Bertz CT molecular complexity index is 794. The number of amides is 1. The number of rotatable bonds is 8. The largest absolute Gasteiger partial charge is 0.459 e. The minimum Gasteiger partial charge on any atom is -0.459 e. The Morgan fingerprint density at radius 2 is 1.72 bits per heavy atom. The topological polar surface area (TPSA) is 55.8 Å². The van der Waals surface area contributed by atoms with Crippen LogP contribution >= 0.6 is 0 Å². The van der Waals surface area contributed by atoms with Crippen LogP contribution in [0.2, 0.25) is 18.1 Å². The van der Waals surface area contributed by atoms with E-state index in [-0.39, 0.29) is 29.4 Å². The molecule has 1 fully saturated rings. The van der Waals surface area contributed by atoms with Crippen LogP contribution < -0.4 is 0 Å². The molecule has 6 heteroatoms. The van der Waals surface area contributed by atoms with Gasteiger partial charge in [0.05, 0.1) is 11.5 Å². The summed E-state index contributed by atoms with van der Waals surface area (Å²) in [6.07, 6.45) is 1.51. The molecule has 1 heterocycles. The van der Waals surface area contributed by atoms with Crippen LogP contribution in [0.5, 0.6) is 0 Å². The highest BCUT2D eigenvalue weighted by Crippen LogP contribution is 2.42. The highest BCUT2D eigenvalue weighted by Gasteiger charge is 2.51. The molecule has 0 spiro atoms. The number of carbonyl (C=O) groups excluding carboxylic acids is 2. The van der Waals surface area contributed by atoms with Gasteiger partial charge in [-0.3, -0.25) is 9.59 Å². The lowest BCUT2D eigenvalue weighted by molar-refractivity contribution is -0.168. The lowest BCUT2D eigenvalue weighted by Gasteiger charge is -2.37. The van der Waals surface area contributed by atoms with E-state index in [1.54, 1.807) is 0 Å². The normalized spacial score (nSPS) is 21.0. The van der Waals surface area contributed by atoms with Crippen molar-refractivity contribution in [3.05, 3.63) is 35.9 Å². The molecule has 0 aliphatic carbocycles. The number of likely N-dealkylation sites (tertiary alicyclic amines) is 1. The maximum absolute atomic E-state index is 13.4. The van der Waals surface area contributed by atoms with Gasteiger partial charge in [0.15, 0.2) is 8.32 Å². The van der Waals surface area contributed by atoms with Crippen molar-refractivity contribution in [1.29, 1.82) is 0 Å². The molecule has 0 aromatic heterocycles. The number of nitrogens with zero attached hydrogens (tertiary/aromatic N) is 1. The van der Waals surface area contributed by atoms with E-state index in [0.29, 0.717) is 19.6 Å². The van der Waals surface area contributed by atoms with Crippen LogP contribution in [0, 0.1) is 5.41 Å². The van der Waals surface area contributed by atoms with Crippen molar-refractivity contribution in [2.24, 2.45) is 5.41 Å². The molecule has 5 nitrogen and oxygen atoms in total. The van der Waals surface area contributed by atoms with E-state index in [1.165, 1.54) is 0 Å². The van der Waals surface area contributed by atoms with E-state index in [1.807, 2.05) is 62.9 Å². The predicted octanol–water partition coefficient (Wildman–Crippen LogP) is 6.11. The first-order chi connectivity index (χ1) is 14.6. The molecular formula is C26H43NO4Si. The lowest BCUT2D eigenvalue weighted by Crippen LogP contribution is -2.42. The van der Waals surface area contributed by atoms with Gasteiger partial charge in [0.2, 0.25) is 5.91 Å². The Morgan fingerprint density at radius 1 is 1.12 bits per heavy atom. The van der Waals surface area contributed by atoms with Gasteiger partial charge in [0, 0.05) is 19.6 Å². The van der Waals surface area contributed by atoms with Crippen LogP contribution in [0.3, 0.4) is 0 Å². The molecule has 1 amide bonds.